The molecular weight excluding hydrogens is 264 g/mol. The zero-order chi connectivity index (χ0) is 15.5. The molecule has 0 aromatic carbocycles. The van der Waals surface area contributed by atoms with Crippen molar-refractivity contribution < 1.29 is 9.53 Å². The van der Waals surface area contributed by atoms with Crippen LogP contribution in [0.3, 0.4) is 0 Å². The topological polar surface area (TPSA) is 51.2 Å². The van der Waals surface area contributed by atoms with E-state index in [1.807, 2.05) is 31.2 Å². The summed E-state index contributed by atoms with van der Waals surface area (Å²) in [5.41, 5.74) is 3.36. The van der Waals surface area contributed by atoms with Gasteiger partial charge in [-0.1, -0.05) is 23.3 Å². The fourth-order valence-corrected chi connectivity index (χ4v) is 1.67. The first-order valence-corrected chi connectivity index (χ1v) is 7.17. The second kappa shape index (κ2) is 9.75. The van der Waals surface area contributed by atoms with Gasteiger partial charge in [0.15, 0.2) is 0 Å². The van der Waals surface area contributed by atoms with E-state index in [4.69, 9.17) is 4.74 Å². The molecule has 0 saturated carbocycles. The Labute approximate surface area is 126 Å². The molecule has 0 aliphatic carbocycles. The van der Waals surface area contributed by atoms with Crippen molar-refractivity contribution in [2.75, 3.05) is 6.61 Å². The van der Waals surface area contributed by atoms with E-state index in [9.17, 15) is 4.79 Å². The Morgan fingerprint density at radius 2 is 2.10 bits per heavy atom. The highest BCUT2D eigenvalue weighted by Gasteiger charge is 2.01. The van der Waals surface area contributed by atoms with Crippen molar-refractivity contribution in [3.05, 3.63) is 53.4 Å². The van der Waals surface area contributed by atoms with Crippen LogP contribution >= 0.6 is 0 Å². The first-order chi connectivity index (χ1) is 10.1. The molecule has 1 aromatic rings. The quantitative estimate of drug-likeness (QED) is 0.771. The number of allylic oxidation sites excluding steroid dienone is 3. The summed E-state index contributed by atoms with van der Waals surface area (Å²) >= 11 is 0. The third-order valence-corrected chi connectivity index (χ3v) is 2.88. The Balaban J connectivity index is 2.19. The van der Waals surface area contributed by atoms with Gasteiger partial charge < -0.3 is 10.1 Å². The van der Waals surface area contributed by atoms with Crippen LogP contribution in [0, 0.1) is 0 Å². The molecule has 1 rings (SSSR count). The number of aromatic nitrogens is 1. The molecule has 1 heterocycles. The number of amides is 1. The van der Waals surface area contributed by atoms with Crippen LogP contribution in [0.5, 0.6) is 0 Å². The summed E-state index contributed by atoms with van der Waals surface area (Å²) < 4.78 is 5.09. The van der Waals surface area contributed by atoms with Crippen molar-refractivity contribution in [2.24, 2.45) is 0 Å². The lowest BCUT2D eigenvalue weighted by Gasteiger charge is -2.05. The average Bonchev–Trinajstić information content (AvgIpc) is 2.46. The molecule has 0 unspecified atom stereocenters. The highest BCUT2D eigenvalue weighted by Crippen LogP contribution is 2.06. The summed E-state index contributed by atoms with van der Waals surface area (Å²) in [4.78, 5) is 15.6. The second-order valence-electron chi connectivity index (χ2n) is 5.14. The molecule has 0 aliphatic rings. The van der Waals surface area contributed by atoms with Crippen LogP contribution in [-0.4, -0.2) is 17.7 Å². The molecule has 4 nitrogen and oxygen atoms in total. The van der Waals surface area contributed by atoms with Crippen molar-refractivity contribution in [2.45, 2.75) is 40.2 Å². The van der Waals surface area contributed by atoms with E-state index in [1.165, 1.54) is 11.1 Å². The number of carbonyl (C=O) groups excluding carboxylic acids is 1. The van der Waals surface area contributed by atoms with Gasteiger partial charge in [0, 0.05) is 6.20 Å². The van der Waals surface area contributed by atoms with Crippen LogP contribution in [0.1, 0.15) is 39.3 Å². The predicted octanol–water partition coefficient (Wildman–Crippen LogP) is 4.00. The fraction of sp³-hybridized carbons (Fsp3) is 0.412. The van der Waals surface area contributed by atoms with Gasteiger partial charge in [0.05, 0.1) is 12.2 Å². The number of ether oxygens (including phenoxy) is 1. The number of pyridine rings is 1. The molecule has 0 saturated heterocycles. The third-order valence-electron chi connectivity index (χ3n) is 2.88. The van der Waals surface area contributed by atoms with E-state index in [2.05, 4.69) is 30.2 Å². The van der Waals surface area contributed by atoms with Crippen molar-refractivity contribution in [3.63, 3.8) is 0 Å². The smallest absolute Gasteiger partial charge is 0.407 e. The normalized spacial score (nSPS) is 10.9. The molecule has 1 N–H and O–H groups in total. The summed E-state index contributed by atoms with van der Waals surface area (Å²) in [6.07, 6.45) is 7.44. The van der Waals surface area contributed by atoms with E-state index in [0.717, 1.165) is 18.5 Å². The Bertz CT molecular complexity index is 489. The SMILES string of the molecule is CC(C)=CCC/C(C)=C/COC(=O)NCc1ccccn1. The number of nitrogens with zero attached hydrogens (tertiary/aromatic N) is 1. The highest BCUT2D eigenvalue weighted by atomic mass is 16.5. The fourth-order valence-electron chi connectivity index (χ4n) is 1.67. The minimum atomic E-state index is -0.422. The van der Waals surface area contributed by atoms with E-state index in [1.54, 1.807) is 6.20 Å². The maximum Gasteiger partial charge on any atom is 0.407 e. The number of rotatable bonds is 7. The molecule has 4 heteroatoms. The molecular formula is C17H24N2O2. The zero-order valence-electron chi connectivity index (χ0n) is 13.1. The van der Waals surface area contributed by atoms with Gasteiger partial charge in [0.25, 0.3) is 0 Å². The van der Waals surface area contributed by atoms with Gasteiger partial charge in [-0.3, -0.25) is 4.98 Å². The van der Waals surface area contributed by atoms with E-state index >= 15 is 0 Å². The number of hydrogen-bond acceptors (Lipinski definition) is 3. The van der Waals surface area contributed by atoms with Crippen LogP contribution in [0.2, 0.25) is 0 Å². The van der Waals surface area contributed by atoms with Crippen molar-refractivity contribution in [1.29, 1.82) is 0 Å². The Kier molecular flexibility index (Phi) is 7.87. The molecule has 1 amide bonds. The lowest BCUT2D eigenvalue weighted by molar-refractivity contribution is 0.157. The first-order valence-electron chi connectivity index (χ1n) is 7.17. The number of hydrogen-bond donors (Lipinski definition) is 1. The Hall–Kier alpha value is -2.10. The monoisotopic (exact) mass is 288 g/mol. The standard InChI is InChI=1S/C17H24N2O2/c1-14(2)7-6-8-15(3)10-12-21-17(20)19-13-16-9-4-5-11-18-16/h4-5,7,9-11H,6,8,12-13H2,1-3H3,(H,19,20)/b15-10+. The lowest BCUT2D eigenvalue weighted by atomic mass is 10.1. The molecule has 0 bridgehead atoms. The van der Waals surface area contributed by atoms with Crippen LogP contribution in [0.15, 0.2) is 47.7 Å². The van der Waals surface area contributed by atoms with Gasteiger partial charge in [-0.25, -0.2) is 4.79 Å². The highest BCUT2D eigenvalue weighted by molar-refractivity contribution is 5.67. The number of alkyl carbamates (subject to hydrolysis) is 1. The van der Waals surface area contributed by atoms with E-state index < -0.39 is 6.09 Å². The molecule has 1 aromatic heterocycles. The number of carbonyl (C=O) groups is 1. The van der Waals surface area contributed by atoms with E-state index in [0.29, 0.717) is 13.2 Å². The van der Waals surface area contributed by atoms with E-state index in [-0.39, 0.29) is 0 Å². The maximum absolute atomic E-state index is 11.5. The molecule has 0 spiro atoms. The summed E-state index contributed by atoms with van der Waals surface area (Å²) in [5.74, 6) is 0. The molecule has 0 aliphatic heterocycles. The largest absolute Gasteiger partial charge is 0.445 e. The number of nitrogens with one attached hydrogen (secondary N) is 1. The molecule has 0 fully saturated rings. The summed E-state index contributed by atoms with van der Waals surface area (Å²) in [5, 5.41) is 2.67. The van der Waals surface area contributed by atoms with Crippen molar-refractivity contribution in [3.8, 4) is 0 Å². The first kappa shape index (κ1) is 17.0. The third kappa shape index (κ3) is 8.63. The van der Waals surface area contributed by atoms with Crippen molar-refractivity contribution in [1.82, 2.24) is 10.3 Å². The van der Waals surface area contributed by atoms with Gasteiger partial charge in [-0.15, -0.1) is 0 Å². The van der Waals surface area contributed by atoms with Crippen LogP contribution in [0.25, 0.3) is 0 Å². The molecule has 21 heavy (non-hydrogen) atoms. The predicted molar refractivity (Wildman–Crippen MR) is 84.8 cm³/mol. The molecule has 114 valence electrons. The van der Waals surface area contributed by atoms with Crippen LogP contribution in [-0.2, 0) is 11.3 Å². The minimum absolute atomic E-state index is 0.300. The Morgan fingerprint density at radius 1 is 1.29 bits per heavy atom. The van der Waals surface area contributed by atoms with Crippen LogP contribution in [0.4, 0.5) is 4.79 Å². The van der Waals surface area contributed by atoms with Gasteiger partial charge >= 0.3 is 6.09 Å². The molecule has 0 atom stereocenters. The van der Waals surface area contributed by atoms with Crippen LogP contribution < -0.4 is 5.32 Å². The van der Waals surface area contributed by atoms with Gasteiger partial charge in [-0.2, -0.15) is 0 Å². The van der Waals surface area contributed by atoms with Crippen molar-refractivity contribution >= 4 is 6.09 Å². The van der Waals surface area contributed by atoms with Gasteiger partial charge in [0.1, 0.15) is 6.61 Å². The zero-order valence-corrected chi connectivity index (χ0v) is 13.1. The molecule has 0 radical (unpaired) electrons. The minimum Gasteiger partial charge on any atom is -0.445 e. The summed E-state index contributed by atoms with van der Waals surface area (Å²) in [7, 11) is 0. The summed E-state index contributed by atoms with van der Waals surface area (Å²) in [6.45, 7) is 6.91. The lowest BCUT2D eigenvalue weighted by Crippen LogP contribution is -2.24. The second-order valence-corrected chi connectivity index (χ2v) is 5.14. The maximum atomic E-state index is 11.5. The van der Waals surface area contributed by atoms with Gasteiger partial charge in [0.2, 0.25) is 0 Å². The summed E-state index contributed by atoms with van der Waals surface area (Å²) in [6, 6.07) is 5.58. The Morgan fingerprint density at radius 3 is 2.76 bits per heavy atom. The van der Waals surface area contributed by atoms with Gasteiger partial charge in [-0.05, 0) is 51.8 Å². The average molecular weight is 288 g/mol.